The van der Waals surface area contributed by atoms with E-state index in [0.29, 0.717) is 69.8 Å². The summed E-state index contributed by atoms with van der Waals surface area (Å²) in [6.45, 7) is 12.3. The lowest BCUT2D eigenvalue weighted by molar-refractivity contribution is -0.137. The van der Waals surface area contributed by atoms with E-state index in [-0.39, 0.29) is 121 Å². The van der Waals surface area contributed by atoms with Crippen LogP contribution in [0.2, 0.25) is 0 Å². The molecule has 22 N–H and O–H groups in total. The molecule has 0 saturated carbocycles. The van der Waals surface area contributed by atoms with E-state index in [1.807, 2.05) is 41.5 Å². The van der Waals surface area contributed by atoms with Gasteiger partial charge in [-0.1, -0.05) is 71.9 Å². The third-order valence-corrected chi connectivity index (χ3v) is 15.1. The second-order valence-electron chi connectivity index (χ2n) is 24.6. The summed E-state index contributed by atoms with van der Waals surface area (Å²) in [6, 6.07) is -4.30. The van der Waals surface area contributed by atoms with Crippen molar-refractivity contribution in [3.63, 3.8) is 0 Å². The summed E-state index contributed by atoms with van der Waals surface area (Å²) in [6.07, 6.45) is 3.71. The van der Waals surface area contributed by atoms with Gasteiger partial charge in [0.1, 0.15) is 60.4 Å². The quantitative estimate of drug-likeness (QED) is 0.0402. The highest BCUT2D eigenvalue weighted by Gasteiger charge is 2.37. The molecule has 0 radical (unpaired) electrons. The Kier molecular flexibility index (Phi) is 38.5. The maximum Gasteiger partial charge on any atom is 0.243 e. The fourth-order valence-electron chi connectivity index (χ4n) is 10.3. The van der Waals surface area contributed by atoms with Crippen molar-refractivity contribution in [3.05, 3.63) is 35.9 Å². The highest BCUT2D eigenvalue weighted by Crippen LogP contribution is 2.16. The van der Waals surface area contributed by atoms with Crippen molar-refractivity contribution in [2.45, 2.75) is 237 Å². The van der Waals surface area contributed by atoms with Crippen LogP contribution in [0.5, 0.6) is 0 Å². The highest BCUT2D eigenvalue weighted by atomic mass is 16.2. The smallest absolute Gasteiger partial charge is 0.243 e. The van der Waals surface area contributed by atoms with Gasteiger partial charge in [-0.15, -0.1) is 0 Å². The van der Waals surface area contributed by atoms with Crippen molar-refractivity contribution >= 4 is 65.0 Å². The van der Waals surface area contributed by atoms with Gasteiger partial charge in [0.2, 0.25) is 65.0 Å². The highest BCUT2D eigenvalue weighted by molar-refractivity contribution is 5.99. The summed E-state index contributed by atoms with van der Waals surface area (Å²) in [5.74, 6) is -9.09. The molecule has 27 heteroatoms. The Morgan fingerprint density at radius 1 is 0.326 bits per heavy atom. The predicted octanol–water partition coefficient (Wildman–Crippen LogP) is -0.861. The van der Waals surface area contributed by atoms with Crippen molar-refractivity contribution in [1.29, 1.82) is 0 Å². The number of rotatable bonds is 31. The van der Waals surface area contributed by atoms with E-state index in [1.54, 1.807) is 30.3 Å². The number of hydrogen-bond acceptors (Lipinski definition) is 16. The largest absolute Gasteiger partial charge is 0.370 e. The minimum absolute atomic E-state index is 0.00881. The van der Waals surface area contributed by atoms with E-state index in [0.717, 1.165) is 0 Å². The molecule has 0 unspecified atom stereocenters. The first-order chi connectivity index (χ1) is 42.4. The van der Waals surface area contributed by atoms with Crippen molar-refractivity contribution in [3.8, 4) is 0 Å². The summed E-state index contributed by atoms with van der Waals surface area (Å²) in [5.41, 5.74) is 35.5. The van der Waals surface area contributed by atoms with Crippen LogP contribution in [0.15, 0.2) is 30.3 Å². The van der Waals surface area contributed by atoms with Crippen molar-refractivity contribution in [2.24, 2.45) is 52.2 Å². The van der Waals surface area contributed by atoms with Crippen LogP contribution in [0.25, 0.3) is 0 Å². The topological polar surface area (TPSA) is 464 Å². The molecule has 1 aromatic rings. The number of nitrogens with one attached hydrogen (secondary N) is 10. The summed E-state index contributed by atoms with van der Waals surface area (Å²) in [4.78, 5) is 158. The van der Waals surface area contributed by atoms with Gasteiger partial charge in [0.15, 0.2) is 0 Å². The summed E-state index contributed by atoms with van der Waals surface area (Å²) >= 11 is 0. The van der Waals surface area contributed by atoms with Crippen LogP contribution >= 0.6 is 0 Å². The number of hydrogen-bond donors (Lipinski definition) is 16. The van der Waals surface area contributed by atoms with Crippen LogP contribution in [0.3, 0.4) is 0 Å². The fraction of sp³-hybridized carbons (Fsp3) is 0.726. The monoisotopic (exact) mass is 1250 g/mol. The van der Waals surface area contributed by atoms with Gasteiger partial charge in [-0.3, -0.25) is 52.7 Å². The van der Waals surface area contributed by atoms with E-state index < -0.39 is 125 Å². The van der Waals surface area contributed by atoms with E-state index in [9.17, 15) is 52.7 Å². The molecule has 1 aromatic carbocycles. The average Bonchev–Trinajstić information content (AvgIpc) is 3.07. The second-order valence-corrected chi connectivity index (χ2v) is 24.6. The second kappa shape index (κ2) is 43.8. The lowest BCUT2D eigenvalue weighted by atomic mass is 9.98. The Morgan fingerprint density at radius 3 is 0.775 bits per heavy atom. The molecule has 11 amide bonds. The molecule has 0 bridgehead atoms. The number of carbonyl (C=O) groups excluding carboxylic acids is 11. The number of benzene rings is 1. The van der Waals surface area contributed by atoms with E-state index in [4.69, 9.17) is 34.4 Å². The SMILES string of the molecule is CC(C)C[C@@H]1NC(=O)[C@H](CCCCN)NC(=O)[C@H](CC(C)C)NC(=O)[C@H](CC(C)C)NC(=O)[C@H](CCCCN)NC(=O)[C@H](CCC(N)=O)NC(=O)[C@H](CCCCN)NC(=O)[C@H](CCCCN)NC(=O)[C@H](CCCCN)NC(=O)[C@H](Cc2ccccc2)NC1=O. The van der Waals surface area contributed by atoms with Crippen molar-refractivity contribution in [2.75, 3.05) is 32.7 Å². The zero-order chi connectivity index (χ0) is 66.4. The first-order valence-electron chi connectivity index (χ1n) is 32.2. The molecular formula is C62H110N16O11. The standard InChI is InChI=1S/C62H110N16O11/c1-38(2)34-48-59(86)72-46(26-14-19-33-67)57(84)76-50(36-40(5)6)61(88)78-51(37-41-20-8-7-9-21-41)62(89)73-44(24-12-17-31-65)54(81)69-42(22-10-15-29-63)53(80)70-43(23-11-16-30-64)55(82)74-47(27-28-52(68)79)58(85)71-45(25-13-18-32-66)56(83)75-49(35-39(3)4)60(87)77-48/h7-9,20-21,38-40,42-51H,10-19,22-37,63-67H2,1-6H3,(H2,68,79)(H,69,81)(H,70,80)(H,71,85)(H,72,86)(H,73,89)(H,74,82)(H,75,83)(H,76,84)(H,77,87)(H,78,88)/t42-,43-,44-,45-,46-,47-,48-,49-,50-,51-/m0/s1. The van der Waals surface area contributed by atoms with Crippen LogP contribution < -0.4 is 87.6 Å². The third-order valence-electron chi connectivity index (χ3n) is 15.1. The van der Waals surface area contributed by atoms with Gasteiger partial charge in [0.05, 0.1) is 0 Å². The van der Waals surface area contributed by atoms with Crippen LogP contribution in [0, 0.1) is 17.8 Å². The Hall–Kier alpha value is -6.81. The minimum atomic E-state index is -1.50. The number of unbranched alkanes of at least 4 members (excludes halogenated alkanes) is 5. The zero-order valence-corrected chi connectivity index (χ0v) is 53.7. The molecule has 2 rings (SSSR count). The average molecular weight is 1260 g/mol. The predicted molar refractivity (Wildman–Crippen MR) is 341 cm³/mol. The lowest BCUT2D eigenvalue weighted by Gasteiger charge is -2.30. The first-order valence-corrected chi connectivity index (χ1v) is 32.2. The van der Waals surface area contributed by atoms with Crippen LogP contribution in [-0.2, 0) is 59.2 Å². The summed E-state index contributed by atoms with van der Waals surface area (Å²) < 4.78 is 0. The maximum absolute atomic E-state index is 14.8. The van der Waals surface area contributed by atoms with Gasteiger partial charge in [-0.05, 0) is 178 Å². The summed E-state index contributed by atoms with van der Waals surface area (Å²) in [5, 5.41) is 27.9. The Bertz CT molecular complexity index is 2370. The zero-order valence-electron chi connectivity index (χ0n) is 53.7. The van der Waals surface area contributed by atoms with Crippen LogP contribution in [0.4, 0.5) is 0 Å². The van der Waals surface area contributed by atoms with Gasteiger partial charge in [0.25, 0.3) is 0 Å². The van der Waals surface area contributed by atoms with Crippen molar-refractivity contribution < 1.29 is 52.7 Å². The van der Waals surface area contributed by atoms with Crippen molar-refractivity contribution in [1.82, 2.24) is 53.2 Å². The lowest BCUT2D eigenvalue weighted by Crippen LogP contribution is -2.61. The molecule has 1 saturated heterocycles. The first kappa shape index (κ1) is 78.3. The molecule has 0 aromatic heterocycles. The van der Waals surface area contributed by atoms with Crippen LogP contribution in [0.1, 0.15) is 176 Å². The fourth-order valence-corrected chi connectivity index (χ4v) is 10.3. The number of primary amides is 1. The molecule has 89 heavy (non-hydrogen) atoms. The Morgan fingerprint density at radius 2 is 0.539 bits per heavy atom. The summed E-state index contributed by atoms with van der Waals surface area (Å²) in [7, 11) is 0. The number of carbonyl (C=O) groups is 11. The van der Waals surface area contributed by atoms with E-state index in [2.05, 4.69) is 53.2 Å². The van der Waals surface area contributed by atoms with Gasteiger partial charge in [-0.2, -0.15) is 0 Å². The van der Waals surface area contributed by atoms with Gasteiger partial charge >= 0.3 is 0 Å². The Balaban J connectivity index is 3.01. The molecule has 27 nitrogen and oxygen atoms in total. The molecular weight excluding hydrogens is 1140 g/mol. The third kappa shape index (κ3) is 31.5. The molecule has 1 aliphatic heterocycles. The molecule has 1 aliphatic rings. The molecule has 0 aliphatic carbocycles. The maximum atomic E-state index is 14.8. The molecule has 504 valence electrons. The number of amides is 11. The molecule has 10 atom stereocenters. The van der Waals surface area contributed by atoms with E-state index in [1.165, 1.54) is 0 Å². The molecule has 1 fully saturated rings. The molecule has 1 heterocycles. The van der Waals surface area contributed by atoms with Gasteiger partial charge < -0.3 is 87.6 Å². The van der Waals surface area contributed by atoms with Gasteiger partial charge in [0, 0.05) is 12.8 Å². The normalized spacial score (nSPS) is 23.9. The Labute approximate surface area is 526 Å². The number of nitrogens with two attached hydrogens (primary N) is 6. The molecule has 0 spiro atoms. The van der Waals surface area contributed by atoms with Crippen LogP contribution in [-0.4, -0.2) is 158 Å². The van der Waals surface area contributed by atoms with E-state index >= 15 is 0 Å². The minimum Gasteiger partial charge on any atom is -0.370 e. The van der Waals surface area contributed by atoms with Gasteiger partial charge in [-0.25, -0.2) is 0 Å².